The van der Waals surface area contributed by atoms with Gasteiger partial charge in [0.1, 0.15) is 4.83 Å². The average molecular weight is 482 g/mol. The summed E-state index contributed by atoms with van der Waals surface area (Å²) in [6, 6.07) is 13.9. The minimum Gasteiger partial charge on any atom is -0.348 e. The van der Waals surface area contributed by atoms with Crippen LogP contribution >= 0.6 is 34.4 Å². The Morgan fingerprint density at radius 3 is 2.75 bits per heavy atom. The number of thiophene rings is 2. The number of hydrogen-bond donors (Lipinski definition) is 1. The van der Waals surface area contributed by atoms with Crippen molar-refractivity contribution in [1.82, 2.24) is 14.9 Å². The van der Waals surface area contributed by atoms with Gasteiger partial charge in [0.15, 0.2) is 5.16 Å². The highest BCUT2D eigenvalue weighted by molar-refractivity contribution is 7.99. The van der Waals surface area contributed by atoms with Gasteiger partial charge < -0.3 is 5.32 Å². The molecule has 0 spiro atoms. The second-order valence-corrected chi connectivity index (χ2v) is 10.2. The molecule has 4 rings (SSSR count). The molecule has 0 saturated heterocycles. The van der Waals surface area contributed by atoms with Crippen LogP contribution in [-0.2, 0) is 11.3 Å². The standard InChI is InChI=1S/C24H23N3O2S3/c1-4-12-27-23(29)20-15(2)21(17-9-6-5-7-10-17)32-22(20)26-24(27)31-14-19(28)25-16(3)18-11-8-13-30-18/h4-11,13,16H,1,12,14H2,2-3H3,(H,25,28). The molecule has 1 unspecified atom stereocenters. The molecule has 8 heteroatoms. The zero-order valence-electron chi connectivity index (χ0n) is 17.8. The summed E-state index contributed by atoms with van der Waals surface area (Å²) < 4.78 is 1.60. The van der Waals surface area contributed by atoms with Gasteiger partial charge in [-0.15, -0.1) is 29.3 Å². The second-order valence-electron chi connectivity index (χ2n) is 7.29. The Morgan fingerprint density at radius 1 is 1.28 bits per heavy atom. The Hall–Kier alpha value is -2.68. The van der Waals surface area contributed by atoms with E-state index in [0.717, 1.165) is 20.9 Å². The molecule has 5 nitrogen and oxygen atoms in total. The molecular formula is C24H23N3O2S3. The number of thioether (sulfide) groups is 1. The van der Waals surface area contributed by atoms with Crippen LogP contribution in [0.1, 0.15) is 23.4 Å². The van der Waals surface area contributed by atoms with Crippen molar-refractivity contribution < 1.29 is 4.79 Å². The number of allylic oxidation sites excluding steroid dienone is 1. The van der Waals surface area contributed by atoms with Crippen LogP contribution in [0.3, 0.4) is 0 Å². The van der Waals surface area contributed by atoms with Gasteiger partial charge in [0.25, 0.3) is 5.56 Å². The minimum atomic E-state index is -0.0966. The number of hydrogen-bond acceptors (Lipinski definition) is 6. The molecule has 32 heavy (non-hydrogen) atoms. The number of aryl methyl sites for hydroxylation is 1. The normalized spacial score (nSPS) is 12.1. The molecule has 164 valence electrons. The van der Waals surface area contributed by atoms with Gasteiger partial charge in [0.2, 0.25) is 5.91 Å². The van der Waals surface area contributed by atoms with E-state index in [1.165, 1.54) is 23.1 Å². The van der Waals surface area contributed by atoms with Gasteiger partial charge >= 0.3 is 0 Å². The van der Waals surface area contributed by atoms with Crippen molar-refractivity contribution in [2.45, 2.75) is 31.6 Å². The molecule has 0 aliphatic rings. The zero-order chi connectivity index (χ0) is 22.7. The average Bonchev–Trinajstić information content (AvgIpc) is 3.44. The molecule has 3 aromatic heterocycles. The van der Waals surface area contributed by atoms with E-state index in [9.17, 15) is 9.59 Å². The van der Waals surface area contributed by atoms with E-state index < -0.39 is 0 Å². The third kappa shape index (κ3) is 4.57. The van der Waals surface area contributed by atoms with Crippen molar-refractivity contribution in [3.8, 4) is 10.4 Å². The Balaban J connectivity index is 1.63. The number of fused-ring (bicyclic) bond motifs is 1. The first-order valence-electron chi connectivity index (χ1n) is 10.2. The largest absolute Gasteiger partial charge is 0.348 e. The first kappa shape index (κ1) is 22.5. The topological polar surface area (TPSA) is 64.0 Å². The number of carbonyl (C=O) groups excluding carboxylic acids is 1. The van der Waals surface area contributed by atoms with Crippen LogP contribution in [0.25, 0.3) is 20.7 Å². The summed E-state index contributed by atoms with van der Waals surface area (Å²) in [7, 11) is 0. The molecule has 0 bridgehead atoms. The number of aromatic nitrogens is 2. The number of rotatable bonds is 8. The number of amides is 1. The van der Waals surface area contributed by atoms with Crippen molar-refractivity contribution in [3.05, 3.63) is 81.3 Å². The molecule has 1 N–H and O–H groups in total. The highest BCUT2D eigenvalue weighted by Crippen LogP contribution is 2.36. The fraction of sp³-hybridized carbons (Fsp3) is 0.208. The van der Waals surface area contributed by atoms with Gasteiger partial charge in [-0.1, -0.05) is 54.2 Å². The predicted molar refractivity (Wildman–Crippen MR) is 136 cm³/mol. The number of nitrogens with zero attached hydrogens (tertiary/aromatic N) is 2. The van der Waals surface area contributed by atoms with Gasteiger partial charge in [-0.3, -0.25) is 14.2 Å². The summed E-state index contributed by atoms with van der Waals surface area (Å²) in [6.07, 6.45) is 1.68. The van der Waals surface area contributed by atoms with Crippen LogP contribution in [0.15, 0.2) is 70.5 Å². The SMILES string of the molecule is C=CCn1c(SCC(=O)NC(C)c2cccs2)nc2sc(-c3ccccc3)c(C)c2c1=O. The maximum Gasteiger partial charge on any atom is 0.263 e. The number of benzene rings is 1. The van der Waals surface area contributed by atoms with Crippen molar-refractivity contribution in [2.24, 2.45) is 0 Å². The first-order chi connectivity index (χ1) is 15.5. The summed E-state index contributed by atoms with van der Waals surface area (Å²) in [6.45, 7) is 8.06. The van der Waals surface area contributed by atoms with Crippen LogP contribution in [0.5, 0.6) is 0 Å². The number of nitrogens with one attached hydrogen (secondary N) is 1. The Bertz CT molecular complexity index is 1310. The lowest BCUT2D eigenvalue weighted by atomic mass is 10.1. The fourth-order valence-electron chi connectivity index (χ4n) is 3.49. The predicted octanol–water partition coefficient (Wildman–Crippen LogP) is 5.65. The van der Waals surface area contributed by atoms with E-state index in [1.807, 2.05) is 61.7 Å². The lowest BCUT2D eigenvalue weighted by molar-refractivity contribution is -0.119. The molecule has 1 amide bonds. The van der Waals surface area contributed by atoms with Gasteiger partial charge in [-0.2, -0.15) is 0 Å². The number of carbonyl (C=O) groups is 1. The molecule has 0 radical (unpaired) electrons. The summed E-state index contributed by atoms with van der Waals surface area (Å²) in [5.74, 6) is 0.0866. The van der Waals surface area contributed by atoms with E-state index in [4.69, 9.17) is 4.98 Å². The maximum atomic E-state index is 13.4. The van der Waals surface area contributed by atoms with E-state index >= 15 is 0 Å². The Labute approximate surface area is 198 Å². The van der Waals surface area contributed by atoms with Crippen LogP contribution in [0.2, 0.25) is 0 Å². The molecule has 0 aliphatic carbocycles. The second kappa shape index (κ2) is 9.85. The van der Waals surface area contributed by atoms with Crippen LogP contribution in [-0.4, -0.2) is 21.2 Å². The third-order valence-electron chi connectivity index (χ3n) is 5.04. The monoisotopic (exact) mass is 481 g/mol. The van der Waals surface area contributed by atoms with Crippen LogP contribution in [0.4, 0.5) is 0 Å². The Morgan fingerprint density at radius 2 is 2.06 bits per heavy atom. The zero-order valence-corrected chi connectivity index (χ0v) is 20.3. The van der Waals surface area contributed by atoms with Crippen molar-refractivity contribution in [1.29, 1.82) is 0 Å². The van der Waals surface area contributed by atoms with Crippen molar-refractivity contribution in [2.75, 3.05) is 5.75 Å². The van der Waals surface area contributed by atoms with Gasteiger partial charge in [0, 0.05) is 16.3 Å². The smallest absolute Gasteiger partial charge is 0.263 e. The molecule has 3 heterocycles. The molecule has 1 atom stereocenters. The first-order valence-corrected chi connectivity index (χ1v) is 12.8. The molecule has 0 aliphatic heterocycles. The van der Waals surface area contributed by atoms with Crippen molar-refractivity contribution >= 4 is 50.6 Å². The minimum absolute atomic E-state index is 0.0534. The maximum absolute atomic E-state index is 13.4. The molecule has 1 aromatic carbocycles. The van der Waals surface area contributed by atoms with Crippen molar-refractivity contribution in [3.63, 3.8) is 0 Å². The summed E-state index contributed by atoms with van der Waals surface area (Å²) in [5.41, 5.74) is 1.91. The van der Waals surface area contributed by atoms with E-state index in [0.29, 0.717) is 21.9 Å². The van der Waals surface area contributed by atoms with Crippen LogP contribution in [0, 0.1) is 6.92 Å². The molecule has 0 fully saturated rings. The van der Waals surface area contributed by atoms with Gasteiger partial charge in [-0.25, -0.2) is 4.98 Å². The summed E-state index contributed by atoms with van der Waals surface area (Å²) in [5, 5.41) is 6.17. The quantitative estimate of drug-likeness (QED) is 0.201. The highest BCUT2D eigenvalue weighted by Gasteiger charge is 2.19. The fourth-order valence-corrected chi connectivity index (χ4v) is 6.27. The van der Waals surface area contributed by atoms with E-state index in [-0.39, 0.29) is 23.3 Å². The molecule has 4 aromatic rings. The van der Waals surface area contributed by atoms with E-state index in [2.05, 4.69) is 11.9 Å². The lowest BCUT2D eigenvalue weighted by Gasteiger charge is -2.13. The van der Waals surface area contributed by atoms with E-state index in [1.54, 1.807) is 22.0 Å². The summed E-state index contributed by atoms with van der Waals surface area (Å²) in [4.78, 5) is 33.5. The third-order valence-corrected chi connectivity index (χ3v) is 8.31. The lowest BCUT2D eigenvalue weighted by Crippen LogP contribution is -2.28. The summed E-state index contributed by atoms with van der Waals surface area (Å²) >= 11 is 4.40. The van der Waals surface area contributed by atoms with Gasteiger partial charge in [0.05, 0.1) is 17.2 Å². The highest BCUT2D eigenvalue weighted by atomic mass is 32.2. The molecular weight excluding hydrogens is 458 g/mol. The Kier molecular flexibility index (Phi) is 6.93. The van der Waals surface area contributed by atoms with Gasteiger partial charge in [-0.05, 0) is 36.4 Å². The van der Waals surface area contributed by atoms with Crippen LogP contribution < -0.4 is 10.9 Å². The molecule has 0 saturated carbocycles.